The Morgan fingerprint density at radius 3 is 2.24 bits per heavy atom. The van der Waals surface area contributed by atoms with Crippen LogP contribution in [-0.4, -0.2) is 18.2 Å². The van der Waals surface area contributed by atoms with Crippen LogP contribution in [0.2, 0.25) is 0 Å². The number of hydrogen-bond donors (Lipinski definition) is 1. The largest absolute Gasteiger partial charge is 0.496 e. The van der Waals surface area contributed by atoms with Gasteiger partial charge in [0.25, 0.3) is 0 Å². The lowest BCUT2D eigenvalue weighted by Crippen LogP contribution is -2.17. The van der Waals surface area contributed by atoms with E-state index in [0.717, 1.165) is 33.9 Å². The molecule has 0 aliphatic carbocycles. The molecule has 0 aromatic heterocycles. The Labute approximate surface area is 171 Å². The molecule has 0 spiro atoms. The molecule has 1 N–H and O–H groups in total. The van der Waals surface area contributed by atoms with E-state index < -0.39 is 11.9 Å². The van der Waals surface area contributed by atoms with E-state index in [4.69, 9.17) is 9.47 Å². The molecule has 0 fully saturated rings. The average molecular weight is 390 g/mol. The van der Waals surface area contributed by atoms with Crippen LogP contribution in [0.25, 0.3) is 0 Å². The van der Waals surface area contributed by atoms with E-state index in [9.17, 15) is 9.90 Å². The van der Waals surface area contributed by atoms with E-state index in [1.54, 1.807) is 7.11 Å². The molecule has 0 saturated carbocycles. The summed E-state index contributed by atoms with van der Waals surface area (Å²) in [6, 6.07) is 23.1. The Hall–Kier alpha value is -3.27. The van der Waals surface area contributed by atoms with Crippen molar-refractivity contribution in [3.8, 4) is 17.2 Å². The van der Waals surface area contributed by atoms with Crippen LogP contribution in [0.1, 0.15) is 36.5 Å². The fraction of sp³-hybridized carbons (Fsp3) is 0.240. The molecule has 4 nitrogen and oxygen atoms in total. The number of ether oxygens (including phenoxy) is 2. The van der Waals surface area contributed by atoms with Crippen LogP contribution in [0.3, 0.4) is 0 Å². The van der Waals surface area contributed by atoms with Gasteiger partial charge in [-0.05, 0) is 46.9 Å². The van der Waals surface area contributed by atoms with Crippen LogP contribution < -0.4 is 9.47 Å². The van der Waals surface area contributed by atoms with Crippen molar-refractivity contribution in [2.45, 2.75) is 26.2 Å². The summed E-state index contributed by atoms with van der Waals surface area (Å²) in [6.07, 6.45) is 0.574. The summed E-state index contributed by atoms with van der Waals surface area (Å²) in [5, 5.41) is 9.66. The molecule has 1 unspecified atom stereocenters. The molecule has 4 heteroatoms. The lowest BCUT2D eigenvalue weighted by Gasteiger charge is -2.19. The Morgan fingerprint density at radius 1 is 0.897 bits per heavy atom. The molecule has 0 heterocycles. The van der Waals surface area contributed by atoms with Crippen LogP contribution in [-0.2, 0) is 11.2 Å². The third-order valence-electron chi connectivity index (χ3n) is 4.92. The summed E-state index contributed by atoms with van der Waals surface area (Å²) in [4.78, 5) is 11.8. The zero-order valence-corrected chi connectivity index (χ0v) is 17.0. The summed E-state index contributed by atoms with van der Waals surface area (Å²) >= 11 is 0. The summed E-state index contributed by atoms with van der Waals surface area (Å²) in [7, 11) is 1.63. The monoisotopic (exact) mass is 390 g/mol. The van der Waals surface area contributed by atoms with Crippen LogP contribution in [0.4, 0.5) is 0 Å². The van der Waals surface area contributed by atoms with E-state index in [1.807, 2.05) is 86.6 Å². The second-order valence-electron chi connectivity index (χ2n) is 7.33. The lowest BCUT2D eigenvalue weighted by molar-refractivity contribution is -0.139. The van der Waals surface area contributed by atoms with Gasteiger partial charge < -0.3 is 14.6 Å². The highest BCUT2D eigenvalue weighted by molar-refractivity contribution is 5.76. The van der Waals surface area contributed by atoms with Crippen molar-refractivity contribution in [3.63, 3.8) is 0 Å². The van der Waals surface area contributed by atoms with E-state index >= 15 is 0 Å². The Bertz CT molecular complexity index is 964. The van der Waals surface area contributed by atoms with Crippen LogP contribution >= 0.6 is 0 Å². The van der Waals surface area contributed by atoms with E-state index in [1.165, 1.54) is 0 Å². The molecule has 150 valence electrons. The minimum Gasteiger partial charge on any atom is -0.496 e. The molecular formula is C25H26O4. The molecular weight excluding hydrogens is 364 g/mol. The smallest absolute Gasteiger partial charge is 0.311 e. The zero-order chi connectivity index (χ0) is 20.8. The number of para-hydroxylation sites is 2. The van der Waals surface area contributed by atoms with E-state index in [-0.39, 0.29) is 5.92 Å². The second kappa shape index (κ2) is 9.28. The van der Waals surface area contributed by atoms with Gasteiger partial charge in [-0.25, -0.2) is 0 Å². The van der Waals surface area contributed by atoms with Gasteiger partial charge in [-0.15, -0.1) is 0 Å². The number of carboxylic acids is 1. The quantitative estimate of drug-likeness (QED) is 0.520. The van der Waals surface area contributed by atoms with Crippen molar-refractivity contribution in [1.29, 1.82) is 0 Å². The number of aliphatic carboxylic acids is 1. The first-order valence-corrected chi connectivity index (χ1v) is 9.70. The van der Waals surface area contributed by atoms with Crippen molar-refractivity contribution in [1.82, 2.24) is 0 Å². The van der Waals surface area contributed by atoms with Crippen LogP contribution in [0.5, 0.6) is 17.2 Å². The molecule has 0 aliphatic heterocycles. The SMILES string of the molecule is COc1ccc(C(C(=O)O)C(C)C)cc1Cc1ccccc1Oc1ccccc1. The molecule has 29 heavy (non-hydrogen) atoms. The standard InChI is InChI=1S/C25H26O4/c1-17(2)24(25(26)27)19-13-14-22(28-3)20(16-19)15-18-9-7-8-12-23(18)29-21-10-5-4-6-11-21/h4-14,16-17,24H,15H2,1-3H3,(H,26,27). The van der Waals surface area contributed by atoms with Crippen molar-refractivity contribution < 1.29 is 19.4 Å². The molecule has 0 radical (unpaired) electrons. The zero-order valence-electron chi connectivity index (χ0n) is 17.0. The van der Waals surface area contributed by atoms with Gasteiger partial charge in [-0.2, -0.15) is 0 Å². The maximum absolute atomic E-state index is 11.8. The number of carbonyl (C=O) groups is 1. The van der Waals surface area contributed by atoms with Gasteiger partial charge in [0.15, 0.2) is 0 Å². The predicted molar refractivity (Wildman–Crippen MR) is 114 cm³/mol. The fourth-order valence-electron chi connectivity index (χ4n) is 3.51. The number of rotatable bonds is 8. The van der Waals surface area contributed by atoms with Gasteiger partial charge in [0, 0.05) is 6.42 Å². The fourth-order valence-corrected chi connectivity index (χ4v) is 3.51. The second-order valence-corrected chi connectivity index (χ2v) is 7.33. The first-order valence-electron chi connectivity index (χ1n) is 9.70. The summed E-state index contributed by atoms with van der Waals surface area (Å²) < 4.78 is 11.6. The maximum Gasteiger partial charge on any atom is 0.311 e. The third kappa shape index (κ3) is 4.96. The topological polar surface area (TPSA) is 55.8 Å². The van der Waals surface area contributed by atoms with Crippen LogP contribution in [0, 0.1) is 5.92 Å². The lowest BCUT2D eigenvalue weighted by atomic mass is 9.87. The predicted octanol–water partition coefficient (Wildman–Crippen LogP) is 5.90. The highest BCUT2D eigenvalue weighted by atomic mass is 16.5. The highest BCUT2D eigenvalue weighted by Crippen LogP contribution is 2.33. The van der Waals surface area contributed by atoms with Gasteiger partial charge in [0.1, 0.15) is 17.2 Å². The first kappa shape index (κ1) is 20.5. The van der Waals surface area contributed by atoms with Gasteiger partial charge >= 0.3 is 5.97 Å². The van der Waals surface area contributed by atoms with Crippen molar-refractivity contribution >= 4 is 5.97 Å². The Morgan fingerprint density at radius 2 is 1.59 bits per heavy atom. The maximum atomic E-state index is 11.8. The van der Waals surface area contributed by atoms with E-state index in [2.05, 4.69) is 0 Å². The molecule has 3 aromatic carbocycles. The average Bonchev–Trinajstić information content (AvgIpc) is 2.70. The first-order chi connectivity index (χ1) is 14.0. The number of methoxy groups -OCH3 is 1. The number of carboxylic acid groups (broad SMARTS) is 1. The van der Waals surface area contributed by atoms with Crippen LogP contribution in [0.15, 0.2) is 72.8 Å². The minimum atomic E-state index is -0.816. The van der Waals surface area contributed by atoms with Gasteiger partial charge in [-0.1, -0.05) is 62.4 Å². The number of hydrogen-bond acceptors (Lipinski definition) is 3. The summed E-state index contributed by atoms with van der Waals surface area (Å²) in [5.74, 6) is 0.884. The van der Waals surface area contributed by atoms with Gasteiger partial charge in [0.05, 0.1) is 13.0 Å². The van der Waals surface area contributed by atoms with Gasteiger partial charge in [-0.3, -0.25) is 4.79 Å². The minimum absolute atomic E-state index is 0.0116. The molecule has 3 rings (SSSR count). The normalized spacial score (nSPS) is 11.9. The molecule has 0 amide bonds. The Kier molecular flexibility index (Phi) is 6.55. The highest BCUT2D eigenvalue weighted by Gasteiger charge is 2.24. The molecule has 0 bridgehead atoms. The molecule has 0 aliphatic rings. The Balaban J connectivity index is 1.95. The molecule has 0 saturated heterocycles. The molecule has 1 atom stereocenters. The van der Waals surface area contributed by atoms with Crippen molar-refractivity contribution in [2.75, 3.05) is 7.11 Å². The summed E-state index contributed by atoms with van der Waals surface area (Å²) in [5.41, 5.74) is 2.72. The van der Waals surface area contributed by atoms with E-state index in [0.29, 0.717) is 6.42 Å². The van der Waals surface area contributed by atoms with Gasteiger partial charge in [0.2, 0.25) is 0 Å². The summed E-state index contributed by atoms with van der Waals surface area (Å²) in [6.45, 7) is 3.84. The van der Waals surface area contributed by atoms with Crippen molar-refractivity contribution in [2.24, 2.45) is 5.92 Å². The number of benzene rings is 3. The van der Waals surface area contributed by atoms with Crippen molar-refractivity contribution in [3.05, 3.63) is 89.5 Å². The molecule has 3 aromatic rings. The third-order valence-corrected chi connectivity index (χ3v) is 4.92.